The number of rotatable bonds is 4. The first-order chi connectivity index (χ1) is 11.2. The van der Waals surface area contributed by atoms with Crippen molar-refractivity contribution in [3.05, 3.63) is 58.8 Å². The van der Waals surface area contributed by atoms with Crippen LogP contribution >= 0.6 is 0 Å². The highest BCUT2D eigenvalue weighted by Gasteiger charge is 2.27. The average molecular weight is 313 g/mol. The Hall–Kier alpha value is -2.47. The van der Waals surface area contributed by atoms with Crippen LogP contribution in [0.3, 0.4) is 0 Å². The molecule has 1 atom stereocenters. The quantitative estimate of drug-likeness (QED) is 0.852. The highest BCUT2D eigenvalue weighted by molar-refractivity contribution is 5.94. The van der Waals surface area contributed by atoms with Gasteiger partial charge in [0, 0.05) is 44.4 Å². The summed E-state index contributed by atoms with van der Waals surface area (Å²) in [5.74, 6) is -0.0186. The van der Waals surface area contributed by atoms with Crippen LogP contribution in [0.5, 0.6) is 0 Å². The summed E-state index contributed by atoms with van der Waals surface area (Å²) in [5, 5.41) is 0. The number of anilines is 1. The van der Waals surface area contributed by atoms with E-state index in [1.165, 1.54) is 23.2 Å². The van der Waals surface area contributed by atoms with E-state index in [0.29, 0.717) is 13.1 Å². The van der Waals surface area contributed by atoms with Gasteiger partial charge in [-0.2, -0.15) is 0 Å². The van der Waals surface area contributed by atoms with E-state index >= 15 is 0 Å². The van der Waals surface area contributed by atoms with Crippen LogP contribution in [0, 0.1) is 0 Å². The molecule has 1 aromatic carbocycles. The SMILES string of the molecule is COC1Cc2ccccc2N(C(=O)CCn2cnccc2=O)C1. The van der Waals surface area contributed by atoms with Gasteiger partial charge in [0.15, 0.2) is 0 Å². The Morgan fingerprint density at radius 3 is 2.96 bits per heavy atom. The molecular formula is C17H19N3O3. The third-order valence-corrected chi connectivity index (χ3v) is 4.11. The normalized spacial score (nSPS) is 16.9. The number of benzene rings is 1. The van der Waals surface area contributed by atoms with Crippen LogP contribution in [0.15, 0.2) is 47.7 Å². The maximum atomic E-state index is 12.6. The van der Waals surface area contributed by atoms with Crippen LogP contribution in [0.25, 0.3) is 0 Å². The lowest BCUT2D eigenvalue weighted by Crippen LogP contribution is -2.43. The van der Waals surface area contributed by atoms with Gasteiger partial charge in [-0.3, -0.25) is 14.2 Å². The second-order valence-electron chi connectivity index (χ2n) is 5.56. The third kappa shape index (κ3) is 3.32. The number of methoxy groups -OCH3 is 1. The summed E-state index contributed by atoms with van der Waals surface area (Å²) in [4.78, 5) is 30.0. The molecule has 0 aliphatic carbocycles. The molecule has 0 spiro atoms. The Morgan fingerprint density at radius 1 is 1.35 bits per heavy atom. The van der Waals surface area contributed by atoms with Gasteiger partial charge in [-0.25, -0.2) is 4.98 Å². The van der Waals surface area contributed by atoms with Crippen molar-refractivity contribution in [1.29, 1.82) is 0 Å². The van der Waals surface area contributed by atoms with Crippen molar-refractivity contribution in [3.63, 3.8) is 0 Å². The van der Waals surface area contributed by atoms with Gasteiger partial charge in [0.1, 0.15) is 0 Å². The topological polar surface area (TPSA) is 64.4 Å². The van der Waals surface area contributed by atoms with E-state index in [1.54, 1.807) is 12.0 Å². The molecule has 0 N–H and O–H groups in total. The summed E-state index contributed by atoms with van der Waals surface area (Å²) in [6.07, 6.45) is 3.95. The highest BCUT2D eigenvalue weighted by Crippen LogP contribution is 2.28. The fourth-order valence-corrected chi connectivity index (χ4v) is 2.85. The maximum Gasteiger partial charge on any atom is 0.253 e. The van der Waals surface area contributed by atoms with Gasteiger partial charge in [0.2, 0.25) is 5.91 Å². The van der Waals surface area contributed by atoms with Crippen LogP contribution in [0.1, 0.15) is 12.0 Å². The second kappa shape index (κ2) is 6.75. The molecule has 6 heteroatoms. The van der Waals surface area contributed by atoms with E-state index < -0.39 is 0 Å². The number of ether oxygens (including phenoxy) is 1. The molecule has 0 bridgehead atoms. The summed E-state index contributed by atoms with van der Waals surface area (Å²) in [6, 6.07) is 9.26. The number of para-hydroxylation sites is 1. The first-order valence-electron chi connectivity index (χ1n) is 7.60. The van der Waals surface area contributed by atoms with Crippen LogP contribution in [-0.4, -0.2) is 35.2 Å². The van der Waals surface area contributed by atoms with Gasteiger partial charge in [-0.1, -0.05) is 18.2 Å². The van der Waals surface area contributed by atoms with Gasteiger partial charge < -0.3 is 9.64 Å². The summed E-state index contributed by atoms with van der Waals surface area (Å²) < 4.78 is 6.90. The van der Waals surface area contributed by atoms with E-state index in [2.05, 4.69) is 4.98 Å². The van der Waals surface area contributed by atoms with Gasteiger partial charge in [0.25, 0.3) is 5.56 Å². The fourth-order valence-electron chi connectivity index (χ4n) is 2.85. The average Bonchev–Trinajstić information content (AvgIpc) is 2.59. The van der Waals surface area contributed by atoms with Gasteiger partial charge >= 0.3 is 0 Å². The van der Waals surface area contributed by atoms with Crippen molar-refractivity contribution in [3.8, 4) is 0 Å². The Kier molecular flexibility index (Phi) is 4.52. The molecule has 0 saturated heterocycles. The number of aryl methyl sites for hydroxylation is 1. The number of hydrogen-bond donors (Lipinski definition) is 0. The molecule has 23 heavy (non-hydrogen) atoms. The van der Waals surface area contributed by atoms with Crippen LogP contribution < -0.4 is 10.5 Å². The van der Waals surface area contributed by atoms with E-state index in [0.717, 1.165) is 17.7 Å². The minimum atomic E-state index is -0.151. The second-order valence-corrected chi connectivity index (χ2v) is 5.56. The predicted octanol–water partition coefficient (Wildman–Crippen LogP) is 1.24. The molecule has 1 aromatic heterocycles. The van der Waals surface area contributed by atoms with E-state index in [9.17, 15) is 9.59 Å². The number of carbonyl (C=O) groups excluding carboxylic acids is 1. The number of fused-ring (bicyclic) bond motifs is 1. The number of carbonyl (C=O) groups is 1. The number of hydrogen-bond acceptors (Lipinski definition) is 4. The van der Waals surface area contributed by atoms with Gasteiger partial charge in [0.05, 0.1) is 19.0 Å². The Bertz CT molecular complexity index is 756. The van der Waals surface area contributed by atoms with Crippen molar-refractivity contribution < 1.29 is 9.53 Å². The van der Waals surface area contributed by atoms with Crippen molar-refractivity contribution in [1.82, 2.24) is 9.55 Å². The number of aromatic nitrogens is 2. The Morgan fingerprint density at radius 2 is 2.17 bits per heavy atom. The van der Waals surface area contributed by atoms with Crippen molar-refractivity contribution >= 4 is 11.6 Å². The third-order valence-electron chi connectivity index (χ3n) is 4.11. The predicted molar refractivity (Wildman–Crippen MR) is 86.4 cm³/mol. The zero-order valence-corrected chi connectivity index (χ0v) is 13.0. The fraction of sp³-hybridized carbons (Fsp3) is 0.353. The maximum absolute atomic E-state index is 12.6. The molecule has 6 nitrogen and oxygen atoms in total. The van der Waals surface area contributed by atoms with Crippen molar-refractivity contribution in [2.24, 2.45) is 0 Å². The Balaban J connectivity index is 1.76. The summed E-state index contributed by atoms with van der Waals surface area (Å²) in [5.41, 5.74) is 1.89. The van der Waals surface area contributed by atoms with Crippen LogP contribution in [0.4, 0.5) is 5.69 Å². The molecule has 2 heterocycles. The number of nitrogens with zero attached hydrogens (tertiary/aromatic N) is 3. The molecule has 1 aliphatic heterocycles. The van der Waals surface area contributed by atoms with Crippen molar-refractivity contribution in [2.45, 2.75) is 25.5 Å². The standard InChI is InChI=1S/C17H19N3O3/c1-23-14-10-13-4-2-3-5-15(13)20(11-14)17(22)7-9-19-12-18-8-6-16(19)21/h2-6,8,12,14H,7,9-11H2,1H3. The molecule has 1 amide bonds. The molecule has 1 unspecified atom stereocenters. The molecular weight excluding hydrogens is 294 g/mol. The van der Waals surface area contributed by atoms with Crippen LogP contribution in [0.2, 0.25) is 0 Å². The molecule has 0 saturated carbocycles. The van der Waals surface area contributed by atoms with Gasteiger partial charge in [-0.15, -0.1) is 0 Å². The monoisotopic (exact) mass is 313 g/mol. The smallest absolute Gasteiger partial charge is 0.253 e. The lowest BCUT2D eigenvalue weighted by atomic mass is 9.99. The van der Waals surface area contributed by atoms with E-state index in [1.807, 2.05) is 24.3 Å². The summed E-state index contributed by atoms with van der Waals surface area (Å²) >= 11 is 0. The van der Waals surface area contributed by atoms with E-state index in [-0.39, 0.29) is 24.0 Å². The number of amides is 1. The zero-order valence-electron chi connectivity index (χ0n) is 13.0. The summed E-state index contributed by atoms with van der Waals surface area (Å²) in [7, 11) is 1.66. The minimum absolute atomic E-state index is 0.00466. The molecule has 1 aliphatic rings. The Labute approximate surface area is 134 Å². The summed E-state index contributed by atoms with van der Waals surface area (Å²) in [6.45, 7) is 0.857. The molecule has 120 valence electrons. The van der Waals surface area contributed by atoms with Crippen LogP contribution in [-0.2, 0) is 22.5 Å². The van der Waals surface area contributed by atoms with Crippen molar-refractivity contribution in [2.75, 3.05) is 18.6 Å². The molecule has 2 aromatic rings. The first-order valence-corrected chi connectivity index (χ1v) is 7.60. The lowest BCUT2D eigenvalue weighted by molar-refractivity contribution is -0.119. The van der Waals surface area contributed by atoms with E-state index in [4.69, 9.17) is 4.74 Å². The molecule has 3 rings (SSSR count). The lowest BCUT2D eigenvalue weighted by Gasteiger charge is -2.34. The molecule has 0 fully saturated rings. The zero-order chi connectivity index (χ0) is 16.2. The largest absolute Gasteiger partial charge is 0.379 e. The minimum Gasteiger partial charge on any atom is -0.379 e. The van der Waals surface area contributed by atoms with Gasteiger partial charge in [-0.05, 0) is 11.6 Å². The molecule has 0 radical (unpaired) electrons. The first kappa shape index (κ1) is 15.4. The highest BCUT2D eigenvalue weighted by atomic mass is 16.5.